The number of hydrogen-bond acceptors (Lipinski definition) is 2. The van der Waals surface area contributed by atoms with Crippen LogP contribution in [0.25, 0.3) is 0 Å². The van der Waals surface area contributed by atoms with E-state index < -0.39 is 0 Å². The minimum Gasteiger partial charge on any atom is -0.484 e. The van der Waals surface area contributed by atoms with Crippen molar-refractivity contribution in [2.45, 2.75) is 128 Å². The summed E-state index contributed by atoms with van der Waals surface area (Å²) in [6.45, 7) is 0.130. The van der Waals surface area contributed by atoms with Crippen LogP contribution in [0.2, 0.25) is 0 Å². The molecular weight excluding hydrogens is 430 g/mol. The van der Waals surface area contributed by atoms with Crippen LogP contribution in [0.5, 0.6) is 5.75 Å². The Morgan fingerprint density at radius 3 is 1.89 bits per heavy atom. The normalized spacial score (nSPS) is 34.7. The molecular formula is C32H49NO2. The molecule has 0 saturated heterocycles. The summed E-state index contributed by atoms with van der Waals surface area (Å²) >= 11 is 0. The van der Waals surface area contributed by atoms with Gasteiger partial charge in [-0.1, -0.05) is 108 Å². The van der Waals surface area contributed by atoms with Gasteiger partial charge in [0.1, 0.15) is 5.75 Å². The van der Waals surface area contributed by atoms with Gasteiger partial charge in [0.25, 0.3) is 5.91 Å². The van der Waals surface area contributed by atoms with Gasteiger partial charge in [0.2, 0.25) is 0 Å². The molecule has 3 heteroatoms. The predicted molar refractivity (Wildman–Crippen MR) is 143 cm³/mol. The summed E-state index contributed by atoms with van der Waals surface area (Å²) in [4.78, 5) is 12.5. The summed E-state index contributed by atoms with van der Waals surface area (Å²) in [6, 6.07) is 9.66. The van der Waals surface area contributed by atoms with Gasteiger partial charge in [-0.15, -0.1) is 0 Å². The van der Waals surface area contributed by atoms with E-state index in [4.69, 9.17) is 4.74 Å². The zero-order chi connectivity index (χ0) is 24.0. The summed E-state index contributed by atoms with van der Waals surface area (Å²) in [5, 5.41) is 3.34. The maximum atomic E-state index is 12.5. The number of rotatable bonds is 6. The smallest absolute Gasteiger partial charge is 0.258 e. The summed E-state index contributed by atoms with van der Waals surface area (Å²) < 4.78 is 5.66. The number of ether oxygens (including phenoxy) is 1. The maximum absolute atomic E-state index is 12.5. The quantitative estimate of drug-likeness (QED) is 0.446. The zero-order valence-electron chi connectivity index (χ0n) is 22.1. The highest BCUT2D eigenvalue weighted by atomic mass is 16.5. The molecule has 0 aromatic heterocycles. The van der Waals surface area contributed by atoms with Gasteiger partial charge in [-0.25, -0.2) is 0 Å². The lowest BCUT2D eigenvalue weighted by Crippen LogP contribution is -2.76. The second-order valence-electron chi connectivity index (χ2n) is 12.8. The van der Waals surface area contributed by atoms with Gasteiger partial charge in [-0.3, -0.25) is 4.79 Å². The fourth-order valence-corrected chi connectivity index (χ4v) is 8.54. The summed E-state index contributed by atoms with van der Waals surface area (Å²) in [5.41, 5.74) is 0.637. The van der Waals surface area contributed by atoms with Crippen molar-refractivity contribution < 1.29 is 9.53 Å². The zero-order valence-corrected chi connectivity index (χ0v) is 22.1. The van der Waals surface area contributed by atoms with Gasteiger partial charge in [0, 0.05) is 5.54 Å². The Labute approximate surface area is 214 Å². The molecule has 0 heterocycles. The van der Waals surface area contributed by atoms with Crippen molar-refractivity contribution in [2.75, 3.05) is 6.61 Å². The number of nitrogens with one attached hydrogen (secondary N) is 1. The minimum absolute atomic E-state index is 0.0464. The van der Waals surface area contributed by atoms with Crippen LogP contribution in [-0.2, 0) is 4.79 Å². The molecule has 5 saturated carbocycles. The van der Waals surface area contributed by atoms with Crippen LogP contribution >= 0.6 is 0 Å². The van der Waals surface area contributed by atoms with E-state index in [1.54, 1.807) is 0 Å². The summed E-state index contributed by atoms with van der Waals surface area (Å²) in [7, 11) is 0. The van der Waals surface area contributed by atoms with Crippen LogP contribution in [0.15, 0.2) is 30.3 Å². The molecule has 5 fully saturated rings. The van der Waals surface area contributed by atoms with Crippen LogP contribution in [0, 0.1) is 23.2 Å². The molecule has 6 rings (SSSR count). The summed E-state index contributed by atoms with van der Waals surface area (Å²) in [6.07, 6.45) is 27.2. The standard InChI is InChI=1S/C32H49NO2/c34-30(22-35-29-20-9-6-10-21-29)33-32-23-31(24-32,25-32)28-18-12-11-16-27(17-13-19-28)26-14-7-4-2-1-3-5-8-15-26/h6,9-10,20-21,26-28H,1-5,7-8,11-19,22-25H2,(H,33,34). The highest BCUT2D eigenvalue weighted by Gasteiger charge is 2.70. The molecule has 5 aliphatic carbocycles. The molecule has 35 heavy (non-hydrogen) atoms. The fraction of sp³-hybridized carbons (Fsp3) is 0.781. The van der Waals surface area contributed by atoms with Crippen molar-refractivity contribution in [2.24, 2.45) is 23.2 Å². The molecule has 2 atom stereocenters. The number of carbonyl (C=O) groups is 1. The first-order chi connectivity index (χ1) is 17.2. The average molecular weight is 480 g/mol. The molecule has 1 amide bonds. The van der Waals surface area contributed by atoms with Gasteiger partial charge in [-0.05, 0) is 67.4 Å². The molecule has 0 radical (unpaired) electrons. The topological polar surface area (TPSA) is 38.3 Å². The van der Waals surface area contributed by atoms with E-state index in [-0.39, 0.29) is 18.1 Å². The third-order valence-electron chi connectivity index (χ3n) is 10.3. The van der Waals surface area contributed by atoms with Crippen LogP contribution in [-0.4, -0.2) is 18.1 Å². The van der Waals surface area contributed by atoms with Gasteiger partial charge in [-0.2, -0.15) is 0 Å². The van der Waals surface area contributed by atoms with Gasteiger partial charge in [0.05, 0.1) is 0 Å². The Morgan fingerprint density at radius 1 is 0.714 bits per heavy atom. The number of para-hydroxylation sites is 1. The molecule has 1 aromatic carbocycles. The van der Waals surface area contributed by atoms with Crippen LogP contribution < -0.4 is 10.1 Å². The molecule has 5 aliphatic rings. The Bertz CT molecular complexity index is 775. The molecule has 0 spiro atoms. The van der Waals surface area contributed by atoms with E-state index in [1.807, 2.05) is 30.3 Å². The second-order valence-corrected chi connectivity index (χ2v) is 12.8. The molecule has 1 aromatic rings. The lowest BCUT2D eigenvalue weighted by Gasteiger charge is -2.73. The fourth-order valence-electron chi connectivity index (χ4n) is 8.54. The van der Waals surface area contributed by atoms with Crippen LogP contribution in [0.4, 0.5) is 0 Å². The first kappa shape index (κ1) is 25.2. The van der Waals surface area contributed by atoms with Crippen LogP contribution in [0.1, 0.15) is 122 Å². The van der Waals surface area contributed by atoms with Crippen LogP contribution in [0.3, 0.4) is 0 Å². The third-order valence-corrected chi connectivity index (χ3v) is 10.3. The van der Waals surface area contributed by atoms with E-state index >= 15 is 0 Å². The number of amides is 1. The van der Waals surface area contributed by atoms with Crippen molar-refractivity contribution in [3.05, 3.63) is 30.3 Å². The highest BCUT2D eigenvalue weighted by molar-refractivity contribution is 5.79. The number of benzene rings is 1. The van der Waals surface area contributed by atoms with Crippen molar-refractivity contribution in [3.63, 3.8) is 0 Å². The largest absolute Gasteiger partial charge is 0.484 e. The summed E-state index contributed by atoms with van der Waals surface area (Å²) in [5.74, 6) is 3.72. The minimum atomic E-state index is 0.0464. The molecule has 1 N–H and O–H groups in total. The first-order valence-corrected chi connectivity index (χ1v) is 15.2. The third kappa shape index (κ3) is 6.25. The van der Waals surface area contributed by atoms with Crippen molar-refractivity contribution >= 4 is 5.91 Å². The molecule has 0 aliphatic heterocycles. The molecule has 2 bridgehead atoms. The van der Waals surface area contributed by atoms with E-state index in [0.717, 1.165) is 23.5 Å². The van der Waals surface area contributed by atoms with E-state index in [2.05, 4.69) is 5.32 Å². The predicted octanol–water partition coefficient (Wildman–Crippen LogP) is 8.22. The molecule has 194 valence electrons. The van der Waals surface area contributed by atoms with E-state index in [0.29, 0.717) is 5.41 Å². The maximum Gasteiger partial charge on any atom is 0.258 e. The molecule has 3 nitrogen and oxygen atoms in total. The monoisotopic (exact) mass is 479 g/mol. The number of hydrogen-bond donors (Lipinski definition) is 1. The van der Waals surface area contributed by atoms with Gasteiger partial charge in [0.15, 0.2) is 6.61 Å². The van der Waals surface area contributed by atoms with E-state index in [9.17, 15) is 4.79 Å². The number of carbonyl (C=O) groups excluding carboxylic acids is 1. The SMILES string of the molecule is O=C(COc1ccccc1)NC12CC(C3CCCCC(C4CCCCCCCCC4)CCC3)(C1)C2. The first-order valence-electron chi connectivity index (χ1n) is 15.2. The Kier molecular flexibility index (Phi) is 8.40. The Balaban J connectivity index is 1.06. The Hall–Kier alpha value is -1.51. The van der Waals surface area contributed by atoms with Crippen molar-refractivity contribution in [3.8, 4) is 5.75 Å². The second kappa shape index (κ2) is 11.7. The lowest BCUT2D eigenvalue weighted by molar-refractivity contribution is -0.197. The van der Waals surface area contributed by atoms with Gasteiger partial charge < -0.3 is 10.1 Å². The lowest BCUT2D eigenvalue weighted by atomic mass is 9.35. The van der Waals surface area contributed by atoms with Crippen molar-refractivity contribution in [1.82, 2.24) is 5.32 Å². The molecule has 2 unspecified atom stereocenters. The Morgan fingerprint density at radius 2 is 1.23 bits per heavy atom. The van der Waals surface area contributed by atoms with Gasteiger partial charge >= 0.3 is 0 Å². The van der Waals surface area contributed by atoms with E-state index in [1.165, 1.54) is 122 Å². The average Bonchev–Trinajstić information content (AvgIpc) is 2.95. The van der Waals surface area contributed by atoms with Crippen molar-refractivity contribution in [1.29, 1.82) is 0 Å². The highest BCUT2D eigenvalue weighted by Crippen LogP contribution is 2.72.